The van der Waals surface area contributed by atoms with Crippen LogP contribution >= 0.6 is 0 Å². The zero-order chi connectivity index (χ0) is 17.1. The molecule has 4 nitrogen and oxygen atoms in total. The minimum atomic E-state index is -0.357. The monoisotopic (exact) mass is 340 g/mol. The summed E-state index contributed by atoms with van der Waals surface area (Å²) in [5, 5.41) is 0. The summed E-state index contributed by atoms with van der Waals surface area (Å²) in [5.41, 5.74) is 2.29. The van der Waals surface area contributed by atoms with Crippen molar-refractivity contribution in [3.8, 4) is 0 Å². The predicted molar refractivity (Wildman–Crippen MR) is 94.0 cm³/mol. The van der Waals surface area contributed by atoms with E-state index >= 15 is 0 Å². The molecule has 0 aliphatic carbocycles. The third kappa shape index (κ3) is 3.93. The molecule has 2 aliphatic rings. The highest BCUT2D eigenvalue weighted by Gasteiger charge is 2.44. The fourth-order valence-electron chi connectivity index (χ4n) is 3.48. The largest absolute Gasteiger partial charge is 0.371 e. The number of hydrogen-bond donors (Lipinski definition) is 0. The molecular weight excluding hydrogens is 316 g/mol. The molecule has 0 aromatic heterocycles. The van der Waals surface area contributed by atoms with Gasteiger partial charge >= 0.3 is 0 Å². The van der Waals surface area contributed by atoms with Crippen LogP contribution < -0.4 is 0 Å². The van der Waals surface area contributed by atoms with Gasteiger partial charge in [-0.3, -0.25) is 0 Å². The quantitative estimate of drug-likeness (QED) is 0.847. The number of ether oxygens (including phenoxy) is 4. The van der Waals surface area contributed by atoms with Crippen molar-refractivity contribution in [2.45, 2.75) is 50.7 Å². The van der Waals surface area contributed by atoms with Crippen LogP contribution in [0.4, 0.5) is 0 Å². The molecule has 0 N–H and O–H groups in total. The first-order chi connectivity index (χ1) is 12.3. The summed E-state index contributed by atoms with van der Waals surface area (Å²) < 4.78 is 24.5. The minimum absolute atomic E-state index is 0.0412. The summed E-state index contributed by atoms with van der Waals surface area (Å²) in [7, 11) is 0. The Morgan fingerprint density at radius 3 is 2.44 bits per heavy atom. The molecule has 132 valence electrons. The lowest BCUT2D eigenvalue weighted by Crippen LogP contribution is -2.54. The van der Waals surface area contributed by atoms with E-state index in [1.54, 1.807) is 0 Å². The number of rotatable bonds is 4. The summed E-state index contributed by atoms with van der Waals surface area (Å²) in [6.45, 7) is 3.13. The predicted octanol–water partition coefficient (Wildman–Crippen LogP) is 3.86. The Morgan fingerprint density at radius 2 is 1.68 bits per heavy atom. The summed E-state index contributed by atoms with van der Waals surface area (Å²) in [6, 6.07) is 20.4. The highest BCUT2D eigenvalue weighted by Crippen LogP contribution is 2.35. The van der Waals surface area contributed by atoms with Crippen molar-refractivity contribution >= 4 is 0 Å². The molecule has 4 heteroatoms. The van der Waals surface area contributed by atoms with E-state index < -0.39 is 0 Å². The lowest BCUT2D eigenvalue weighted by atomic mass is 10.0. The molecule has 0 spiro atoms. The van der Waals surface area contributed by atoms with E-state index in [0.29, 0.717) is 13.2 Å². The van der Waals surface area contributed by atoms with Gasteiger partial charge in [0.1, 0.15) is 12.2 Å². The lowest BCUT2D eigenvalue weighted by molar-refractivity contribution is -0.330. The average molecular weight is 340 g/mol. The molecule has 2 aromatic carbocycles. The second kappa shape index (κ2) is 7.67. The Balaban J connectivity index is 1.46. The van der Waals surface area contributed by atoms with Gasteiger partial charge in [-0.05, 0) is 18.1 Å². The van der Waals surface area contributed by atoms with Crippen molar-refractivity contribution in [1.82, 2.24) is 0 Å². The Kier molecular flexibility index (Phi) is 5.13. The van der Waals surface area contributed by atoms with Crippen molar-refractivity contribution < 1.29 is 18.9 Å². The van der Waals surface area contributed by atoms with E-state index in [1.165, 1.54) is 0 Å². The van der Waals surface area contributed by atoms with Crippen LogP contribution in [0.2, 0.25) is 0 Å². The van der Waals surface area contributed by atoms with E-state index in [-0.39, 0.29) is 30.7 Å². The molecule has 2 saturated heterocycles. The summed E-state index contributed by atoms with van der Waals surface area (Å²) >= 11 is 0. The van der Waals surface area contributed by atoms with Crippen LogP contribution in [0.25, 0.3) is 0 Å². The van der Waals surface area contributed by atoms with Crippen molar-refractivity contribution in [1.29, 1.82) is 0 Å². The van der Waals surface area contributed by atoms with Crippen LogP contribution in [-0.4, -0.2) is 31.2 Å². The number of hydrogen-bond acceptors (Lipinski definition) is 4. The SMILES string of the molecule is CC1CC(OCc2ccccc2)C2OC(c3ccccc3)COC2O1. The van der Waals surface area contributed by atoms with Gasteiger partial charge in [0.05, 0.1) is 25.4 Å². The van der Waals surface area contributed by atoms with Crippen molar-refractivity contribution in [3.05, 3.63) is 71.8 Å². The zero-order valence-electron chi connectivity index (χ0n) is 14.4. The van der Waals surface area contributed by atoms with E-state index in [9.17, 15) is 0 Å². The second-order valence-electron chi connectivity index (χ2n) is 6.72. The van der Waals surface area contributed by atoms with Crippen LogP contribution in [0.3, 0.4) is 0 Å². The van der Waals surface area contributed by atoms with Gasteiger partial charge < -0.3 is 18.9 Å². The summed E-state index contributed by atoms with van der Waals surface area (Å²) in [6.07, 6.45) is 0.212. The van der Waals surface area contributed by atoms with Gasteiger partial charge in [0.15, 0.2) is 6.29 Å². The van der Waals surface area contributed by atoms with Crippen molar-refractivity contribution in [2.24, 2.45) is 0 Å². The van der Waals surface area contributed by atoms with Crippen molar-refractivity contribution in [3.63, 3.8) is 0 Å². The Labute approximate surface area is 148 Å². The van der Waals surface area contributed by atoms with Gasteiger partial charge in [0.2, 0.25) is 0 Å². The van der Waals surface area contributed by atoms with Crippen LogP contribution in [0.5, 0.6) is 0 Å². The average Bonchev–Trinajstić information content (AvgIpc) is 2.67. The van der Waals surface area contributed by atoms with Crippen LogP contribution in [0.15, 0.2) is 60.7 Å². The highest BCUT2D eigenvalue weighted by atomic mass is 16.7. The number of fused-ring (bicyclic) bond motifs is 1. The van der Waals surface area contributed by atoms with Crippen molar-refractivity contribution in [2.75, 3.05) is 6.61 Å². The van der Waals surface area contributed by atoms with E-state index in [4.69, 9.17) is 18.9 Å². The third-order valence-corrected chi connectivity index (χ3v) is 4.78. The lowest BCUT2D eigenvalue weighted by Gasteiger charge is -2.45. The molecular formula is C21H24O4. The fourth-order valence-corrected chi connectivity index (χ4v) is 3.48. The molecule has 5 unspecified atom stereocenters. The molecule has 0 radical (unpaired) electrons. The molecule has 5 atom stereocenters. The van der Waals surface area contributed by atoms with Gasteiger partial charge in [0, 0.05) is 6.42 Å². The Hall–Kier alpha value is -1.72. The maximum Gasteiger partial charge on any atom is 0.186 e. The van der Waals surface area contributed by atoms with Gasteiger partial charge in [-0.15, -0.1) is 0 Å². The molecule has 2 aromatic rings. The summed E-state index contributed by atoms with van der Waals surface area (Å²) in [4.78, 5) is 0. The maximum absolute atomic E-state index is 6.35. The van der Waals surface area contributed by atoms with E-state index in [2.05, 4.69) is 31.2 Å². The molecule has 4 rings (SSSR count). The zero-order valence-corrected chi connectivity index (χ0v) is 14.4. The molecule has 2 heterocycles. The Bertz CT molecular complexity index is 660. The summed E-state index contributed by atoms with van der Waals surface area (Å²) in [5.74, 6) is 0. The smallest absolute Gasteiger partial charge is 0.186 e. The Morgan fingerprint density at radius 1 is 0.960 bits per heavy atom. The highest BCUT2D eigenvalue weighted by molar-refractivity contribution is 5.18. The van der Waals surface area contributed by atoms with Crippen LogP contribution in [-0.2, 0) is 25.6 Å². The van der Waals surface area contributed by atoms with Gasteiger partial charge in [-0.25, -0.2) is 0 Å². The normalized spacial score (nSPS) is 32.1. The molecule has 2 fully saturated rings. The minimum Gasteiger partial charge on any atom is -0.371 e. The molecule has 2 aliphatic heterocycles. The topological polar surface area (TPSA) is 36.9 Å². The first kappa shape index (κ1) is 16.7. The third-order valence-electron chi connectivity index (χ3n) is 4.78. The van der Waals surface area contributed by atoms with Crippen LogP contribution in [0, 0.1) is 0 Å². The van der Waals surface area contributed by atoms with E-state index in [1.807, 2.05) is 36.4 Å². The number of benzene rings is 2. The van der Waals surface area contributed by atoms with Gasteiger partial charge in [0.25, 0.3) is 0 Å². The first-order valence-electron chi connectivity index (χ1n) is 8.92. The van der Waals surface area contributed by atoms with Crippen LogP contribution in [0.1, 0.15) is 30.6 Å². The molecule has 0 saturated carbocycles. The standard InChI is InChI=1S/C21H24O4/c1-15-12-18(22-13-16-8-4-2-5-9-16)20-21(24-15)23-14-19(25-20)17-10-6-3-7-11-17/h2-11,15,18-21H,12-14H2,1H3. The van der Waals surface area contributed by atoms with Gasteiger partial charge in [-0.1, -0.05) is 60.7 Å². The maximum atomic E-state index is 6.35. The fraction of sp³-hybridized carbons (Fsp3) is 0.429. The van der Waals surface area contributed by atoms with Gasteiger partial charge in [-0.2, -0.15) is 0 Å². The van der Waals surface area contributed by atoms with E-state index in [0.717, 1.165) is 17.5 Å². The molecule has 0 bridgehead atoms. The second-order valence-corrected chi connectivity index (χ2v) is 6.72. The molecule has 0 amide bonds. The molecule has 25 heavy (non-hydrogen) atoms. The first-order valence-corrected chi connectivity index (χ1v) is 8.92.